The van der Waals surface area contributed by atoms with Crippen molar-refractivity contribution in [1.82, 2.24) is 4.98 Å². The van der Waals surface area contributed by atoms with E-state index in [9.17, 15) is 18.0 Å². The summed E-state index contributed by atoms with van der Waals surface area (Å²) in [5.41, 5.74) is -1.46. The summed E-state index contributed by atoms with van der Waals surface area (Å²) >= 11 is 5.06. The third kappa shape index (κ3) is 2.20. The van der Waals surface area contributed by atoms with Crippen LogP contribution in [0.25, 0.3) is 0 Å². The van der Waals surface area contributed by atoms with E-state index in [2.05, 4.69) is 9.72 Å². The number of hydrogen-bond donors (Lipinski definition) is 0. The molecule has 0 radical (unpaired) electrons. The molecule has 0 bridgehead atoms. The smallest absolute Gasteiger partial charge is 0.274 e. The molecule has 3 nitrogen and oxygen atoms in total. The predicted octanol–water partition coefficient (Wildman–Crippen LogP) is 2.55. The van der Waals surface area contributed by atoms with Gasteiger partial charge in [0.05, 0.1) is 12.7 Å². The number of alkyl halides is 2. The van der Waals surface area contributed by atoms with Gasteiger partial charge in [0.25, 0.3) is 11.7 Å². The normalized spacial score (nSPS) is 10.5. The van der Waals surface area contributed by atoms with Gasteiger partial charge in [-0.1, -0.05) is 0 Å². The summed E-state index contributed by atoms with van der Waals surface area (Å²) in [4.78, 5) is 14.0. The Balaban J connectivity index is 3.39. The van der Waals surface area contributed by atoms with E-state index in [1.54, 1.807) is 0 Å². The Kier molecular flexibility index (Phi) is 3.52. The number of aromatic nitrogens is 1. The molecule has 82 valence electrons. The van der Waals surface area contributed by atoms with Crippen LogP contribution >= 0.6 is 11.6 Å². The maximum atomic E-state index is 13.3. The Morgan fingerprint density at radius 1 is 1.60 bits per heavy atom. The van der Waals surface area contributed by atoms with Gasteiger partial charge in [0.1, 0.15) is 0 Å². The Morgan fingerprint density at radius 3 is 2.60 bits per heavy atom. The maximum absolute atomic E-state index is 13.3. The molecule has 15 heavy (non-hydrogen) atoms. The summed E-state index contributed by atoms with van der Waals surface area (Å²) in [7, 11) is 1.03. The van der Waals surface area contributed by atoms with Crippen LogP contribution in [-0.2, 0) is 0 Å². The number of carbonyl (C=O) groups is 1. The third-order valence-electron chi connectivity index (χ3n) is 1.63. The minimum atomic E-state index is -3.04. The number of carbonyl (C=O) groups excluding carboxylic acids is 1. The van der Waals surface area contributed by atoms with E-state index in [1.165, 1.54) is 0 Å². The zero-order valence-corrected chi connectivity index (χ0v) is 8.19. The number of hydrogen-bond acceptors (Lipinski definition) is 3. The molecule has 0 aliphatic rings. The van der Waals surface area contributed by atoms with Crippen LogP contribution in [-0.4, -0.2) is 17.3 Å². The molecule has 0 spiro atoms. The van der Waals surface area contributed by atoms with E-state index < -0.39 is 34.5 Å². The number of rotatable bonds is 3. The maximum Gasteiger partial charge on any atom is 0.274 e. The summed E-state index contributed by atoms with van der Waals surface area (Å²) in [6.07, 6.45) is -2.48. The molecule has 0 atom stereocenters. The van der Waals surface area contributed by atoms with Gasteiger partial charge in [-0.05, 0) is 11.6 Å². The topological polar surface area (TPSA) is 39.2 Å². The zero-order valence-electron chi connectivity index (χ0n) is 7.43. The lowest BCUT2D eigenvalue weighted by molar-refractivity contribution is 0.107. The molecule has 1 aromatic rings. The lowest BCUT2D eigenvalue weighted by atomic mass is 10.2. The Morgan fingerprint density at radius 2 is 2.20 bits per heavy atom. The first-order valence-corrected chi connectivity index (χ1v) is 4.07. The first kappa shape index (κ1) is 11.8. The van der Waals surface area contributed by atoms with Crippen molar-refractivity contribution < 1.29 is 22.7 Å². The lowest BCUT2D eigenvalue weighted by Gasteiger charge is -2.08. The van der Waals surface area contributed by atoms with E-state index in [0.29, 0.717) is 6.20 Å². The fraction of sp³-hybridized carbons (Fsp3) is 0.250. The average Bonchev–Trinajstić information content (AvgIpc) is 2.16. The number of halogens is 4. The van der Waals surface area contributed by atoms with E-state index in [1.807, 2.05) is 0 Å². The monoisotopic (exact) mass is 239 g/mol. The summed E-state index contributed by atoms with van der Waals surface area (Å²) in [6.45, 7) is 0. The minimum Gasteiger partial charge on any atom is -0.491 e. The Bertz CT molecular complexity index is 398. The van der Waals surface area contributed by atoms with Gasteiger partial charge < -0.3 is 4.74 Å². The van der Waals surface area contributed by atoms with Crippen molar-refractivity contribution in [3.05, 3.63) is 23.3 Å². The highest BCUT2D eigenvalue weighted by Gasteiger charge is 2.23. The number of ether oxygens (including phenoxy) is 1. The molecule has 0 unspecified atom stereocenters. The highest BCUT2D eigenvalue weighted by molar-refractivity contribution is 6.67. The van der Waals surface area contributed by atoms with Crippen LogP contribution in [0.5, 0.6) is 5.75 Å². The number of pyridine rings is 1. The standard InChI is InChI=1S/C8H5ClF3NO2/c1-15-6-4(10)3(8(11)12)2-13-5(6)7(9)14/h2,8H,1H3. The highest BCUT2D eigenvalue weighted by atomic mass is 35.5. The van der Waals surface area contributed by atoms with Crippen LogP contribution in [0.4, 0.5) is 13.2 Å². The number of methoxy groups -OCH3 is 1. The molecule has 0 saturated heterocycles. The highest BCUT2D eigenvalue weighted by Crippen LogP contribution is 2.30. The summed E-state index contributed by atoms with van der Waals surface area (Å²) in [5.74, 6) is -2.00. The van der Waals surface area contributed by atoms with Gasteiger partial charge in [-0.2, -0.15) is 0 Å². The lowest BCUT2D eigenvalue weighted by Crippen LogP contribution is -2.05. The summed E-state index contributed by atoms with van der Waals surface area (Å²) in [5, 5.41) is -1.08. The zero-order chi connectivity index (χ0) is 11.6. The fourth-order valence-corrected chi connectivity index (χ4v) is 1.10. The van der Waals surface area contributed by atoms with E-state index in [0.717, 1.165) is 7.11 Å². The summed E-state index contributed by atoms with van der Waals surface area (Å²) in [6, 6.07) is 0. The van der Waals surface area contributed by atoms with Crippen molar-refractivity contribution >= 4 is 16.8 Å². The van der Waals surface area contributed by atoms with E-state index >= 15 is 0 Å². The van der Waals surface area contributed by atoms with Crippen molar-refractivity contribution in [1.29, 1.82) is 0 Å². The third-order valence-corrected chi connectivity index (χ3v) is 1.81. The molecule has 7 heteroatoms. The van der Waals surface area contributed by atoms with Gasteiger partial charge in [0, 0.05) is 6.20 Å². The van der Waals surface area contributed by atoms with Crippen molar-refractivity contribution in [2.75, 3.05) is 7.11 Å². The molecule has 1 heterocycles. The molecule has 0 aliphatic carbocycles. The van der Waals surface area contributed by atoms with Gasteiger partial charge in [0.2, 0.25) is 0 Å². The van der Waals surface area contributed by atoms with Crippen LogP contribution < -0.4 is 4.74 Å². The number of nitrogens with zero attached hydrogens (tertiary/aromatic N) is 1. The molecule has 0 fully saturated rings. The van der Waals surface area contributed by atoms with Crippen molar-refractivity contribution in [3.8, 4) is 5.75 Å². The molecule has 1 rings (SSSR count). The fourth-order valence-electron chi connectivity index (χ4n) is 0.963. The molecule has 0 amide bonds. The molecule has 0 aliphatic heterocycles. The van der Waals surface area contributed by atoms with Gasteiger partial charge in [-0.15, -0.1) is 0 Å². The van der Waals surface area contributed by atoms with Crippen LogP contribution in [0.15, 0.2) is 6.20 Å². The van der Waals surface area contributed by atoms with Gasteiger partial charge in [-0.25, -0.2) is 18.2 Å². The summed E-state index contributed by atoms with van der Waals surface area (Å²) < 4.78 is 42.2. The van der Waals surface area contributed by atoms with Crippen LogP contribution in [0.1, 0.15) is 22.5 Å². The second-order valence-corrected chi connectivity index (χ2v) is 2.83. The molecule has 0 N–H and O–H groups in total. The van der Waals surface area contributed by atoms with E-state index in [-0.39, 0.29) is 0 Å². The van der Waals surface area contributed by atoms with Crippen molar-refractivity contribution in [2.45, 2.75) is 6.43 Å². The molecular formula is C8H5ClF3NO2. The minimum absolute atomic E-state index is 0.527. The molecular weight excluding hydrogens is 235 g/mol. The quantitative estimate of drug-likeness (QED) is 0.761. The van der Waals surface area contributed by atoms with Gasteiger partial charge in [-0.3, -0.25) is 4.79 Å². The van der Waals surface area contributed by atoms with Crippen LogP contribution in [0, 0.1) is 5.82 Å². The second-order valence-electron chi connectivity index (χ2n) is 2.48. The SMILES string of the molecule is COc1c(C(=O)Cl)ncc(C(F)F)c1F. The van der Waals surface area contributed by atoms with Crippen molar-refractivity contribution in [2.24, 2.45) is 0 Å². The average molecular weight is 240 g/mol. The van der Waals surface area contributed by atoms with E-state index in [4.69, 9.17) is 11.6 Å². The first-order valence-electron chi connectivity index (χ1n) is 3.69. The second kappa shape index (κ2) is 4.48. The predicted molar refractivity (Wildman–Crippen MR) is 45.9 cm³/mol. The first-order chi connectivity index (χ1) is 6.99. The Hall–Kier alpha value is -1.30. The van der Waals surface area contributed by atoms with Gasteiger partial charge >= 0.3 is 0 Å². The van der Waals surface area contributed by atoms with Crippen LogP contribution in [0.3, 0.4) is 0 Å². The van der Waals surface area contributed by atoms with Crippen molar-refractivity contribution in [3.63, 3.8) is 0 Å². The molecule has 1 aromatic heterocycles. The Labute approximate surface area is 87.8 Å². The largest absolute Gasteiger partial charge is 0.491 e. The molecule has 0 aromatic carbocycles. The van der Waals surface area contributed by atoms with Crippen LogP contribution in [0.2, 0.25) is 0 Å². The molecule has 0 saturated carbocycles. The van der Waals surface area contributed by atoms with Gasteiger partial charge in [0.15, 0.2) is 17.3 Å².